The number of sulfone groups is 1. The molecule has 0 spiro atoms. The zero-order valence-corrected chi connectivity index (χ0v) is 11.4. The Morgan fingerprint density at radius 2 is 1.94 bits per heavy atom. The molecule has 0 rings (SSSR count). The smallest absolute Gasteiger partial charge is 0.321 e. The van der Waals surface area contributed by atoms with Crippen LogP contribution in [0.25, 0.3) is 0 Å². The van der Waals surface area contributed by atoms with E-state index < -0.39 is 26.6 Å². The second kappa shape index (κ2) is 5.88. The molecule has 0 radical (unpaired) electrons. The summed E-state index contributed by atoms with van der Waals surface area (Å²) in [6, 6.07) is -0.928. The molecule has 7 heteroatoms. The number of hydrogen-bond donors (Lipinski definition) is 2. The van der Waals surface area contributed by atoms with Crippen LogP contribution in [0.5, 0.6) is 0 Å². The number of thioether (sulfide) groups is 1. The summed E-state index contributed by atoms with van der Waals surface area (Å²) in [4.78, 5) is 10.4. The summed E-state index contributed by atoms with van der Waals surface area (Å²) in [6.45, 7) is 4.95. The van der Waals surface area contributed by atoms with Gasteiger partial charge >= 0.3 is 5.97 Å². The Morgan fingerprint density at radius 1 is 1.44 bits per heavy atom. The van der Waals surface area contributed by atoms with Gasteiger partial charge in [-0.2, -0.15) is 11.8 Å². The first-order valence-corrected chi connectivity index (χ1v) is 7.67. The lowest BCUT2D eigenvalue weighted by Crippen LogP contribution is -2.34. The molecule has 0 heterocycles. The first-order chi connectivity index (χ1) is 7.08. The van der Waals surface area contributed by atoms with Crippen molar-refractivity contribution in [1.82, 2.24) is 0 Å². The number of aliphatic carboxylic acids is 1. The molecule has 0 bridgehead atoms. The maximum Gasteiger partial charge on any atom is 0.321 e. The van der Waals surface area contributed by atoms with Gasteiger partial charge in [-0.25, -0.2) is 8.42 Å². The van der Waals surface area contributed by atoms with Crippen molar-refractivity contribution in [2.24, 2.45) is 5.73 Å². The van der Waals surface area contributed by atoms with Crippen molar-refractivity contribution in [2.75, 3.05) is 17.3 Å². The quantitative estimate of drug-likeness (QED) is 0.675. The summed E-state index contributed by atoms with van der Waals surface area (Å²) in [5, 5.41) is 8.51. The number of hydrogen-bond acceptors (Lipinski definition) is 5. The average Bonchev–Trinajstić information content (AvgIpc) is 2.09. The Hall–Kier alpha value is -0.270. The number of carboxylic acid groups (broad SMARTS) is 1. The molecule has 0 aromatic rings. The largest absolute Gasteiger partial charge is 0.480 e. The molecule has 0 aliphatic rings. The van der Waals surface area contributed by atoms with E-state index in [2.05, 4.69) is 0 Å². The molecule has 0 aliphatic heterocycles. The Labute approximate surface area is 101 Å². The van der Waals surface area contributed by atoms with Crippen molar-refractivity contribution in [2.45, 2.75) is 31.6 Å². The number of carbonyl (C=O) groups is 1. The SMILES string of the molecule is CC(C)(C)S(=O)(=O)CCSC[C@@H](N)C(=O)O. The lowest BCUT2D eigenvalue weighted by molar-refractivity contribution is -0.137. The van der Waals surface area contributed by atoms with E-state index in [1.54, 1.807) is 20.8 Å². The molecule has 0 saturated heterocycles. The van der Waals surface area contributed by atoms with E-state index in [1.165, 1.54) is 11.8 Å². The zero-order chi connectivity index (χ0) is 13.0. The maximum atomic E-state index is 11.7. The molecule has 0 fully saturated rings. The lowest BCUT2D eigenvalue weighted by Gasteiger charge is -2.18. The molecule has 16 heavy (non-hydrogen) atoms. The van der Waals surface area contributed by atoms with Crippen LogP contribution < -0.4 is 5.73 Å². The summed E-state index contributed by atoms with van der Waals surface area (Å²) in [6.07, 6.45) is 0. The average molecular weight is 269 g/mol. The van der Waals surface area contributed by atoms with Gasteiger partial charge in [0.05, 0.1) is 10.5 Å². The van der Waals surface area contributed by atoms with Gasteiger partial charge in [0.1, 0.15) is 6.04 Å². The molecule has 0 aromatic heterocycles. The third kappa shape index (κ3) is 5.18. The Bertz CT molecular complexity index is 332. The van der Waals surface area contributed by atoms with Gasteiger partial charge in [0.15, 0.2) is 9.84 Å². The number of carboxylic acids is 1. The highest BCUT2D eigenvalue weighted by molar-refractivity contribution is 8.00. The molecule has 0 aliphatic carbocycles. The van der Waals surface area contributed by atoms with Crippen LogP contribution in [0.4, 0.5) is 0 Å². The van der Waals surface area contributed by atoms with E-state index in [-0.39, 0.29) is 11.5 Å². The summed E-state index contributed by atoms with van der Waals surface area (Å²) < 4.78 is 22.6. The Morgan fingerprint density at radius 3 is 2.31 bits per heavy atom. The van der Waals surface area contributed by atoms with Gasteiger partial charge in [0.2, 0.25) is 0 Å². The lowest BCUT2D eigenvalue weighted by atomic mass is 10.3. The minimum atomic E-state index is -3.13. The van der Waals surface area contributed by atoms with Gasteiger partial charge in [-0.3, -0.25) is 4.79 Å². The van der Waals surface area contributed by atoms with Crippen LogP contribution in [0.2, 0.25) is 0 Å². The predicted octanol–water partition coefficient (Wildman–Crippen LogP) is 0.345. The Kier molecular flexibility index (Phi) is 5.78. The second-order valence-electron chi connectivity index (χ2n) is 4.45. The van der Waals surface area contributed by atoms with Crippen molar-refractivity contribution in [1.29, 1.82) is 0 Å². The van der Waals surface area contributed by atoms with Crippen LogP contribution in [0, 0.1) is 0 Å². The second-order valence-corrected chi connectivity index (χ2v) is 8.46. The molecular weight excluding hydrogens is 250 g/mol. The molecule has 5 nitrogen and oxygen atoms in total. The van der Waals surface area contributed by atoms with Crippen LogP contribution in [0.15, 0.2) is 0 Å². The Balaban J connectivity index is 3.98. The van der Waals surface area contributed by atoms with Gasteiger partial charge < -0.3 is 10.8 Å². The van der Waals surface area contributed by atoms with Gasteiger partial charge in [0, 0.05) is 11.5 Å². The van der Waals surface area contributed by atoms with E-state index in [4.69, 9.17) is 10.8 Å². The summed E-state index contributed by atoms with van der Waals surface area (Å²) >= 11 is 1.25. The van der Waals surface area contributed by atoms with E-state index in [0.717, 1.165) is 0 Å². The molecule has 0 aromatic carbocycles. The highest BCUT2D eigenvalue weighted by Gasteiger charge is 2.28. The first kappa shape index (κ1) is 15.7. The molecule has 3 N–H and O–H groups in total. The van der Waals surface area contributed by atoms with Crippen LogP contribution in [-0.4, -0.2) is 47.5 Å². The highest BCUT2D eigenvalue weighted by atomic mass is 32.2. The normalized spacial score (nSPS) is 14.8. The molecule has 0 amide bonds. The fourth-order valence-corrected chi connectivity index (χ4v) is 3.28. The topological polar surface area (TPSA) is 97.5 Å². The van der Waals surface area contributed by atoms with Crippen LogP contribution in [0.1, 0.15) is 20.8 Å². The fraction of sp³-hybridized carbons (Fsp3) is 0.889. The van der Waals surface area contributed by atoms with Gasteiger partial charge in [-0.15, -0.1) is 0 Å². The molecule has 1 atom stereocenters. The standard InChI is InChI=1S/C9H19NO4S2/c1-9(2,3)16(13,14)5-4-15-6-7(10)8(11)12/h7H,4-6,10H2,1-3H3,(H,11,12)/t7-/m1/s1. The van der Waals surface area contributed by atoms with Crippen LogP contribution in [0.3, 0.4) is 0 Å². The third-order valence-corrected chi connectivity index (χ3v) is 6.00. The van der Waals surface area contributed by atoms with Crippen LogP contribution in [-0.2, 0) is 14.6 Å². The zero-order valence-electron chi connectivity index (χ0n) is 9.76. The summed E-state index contributed by atoms with van der Waals surface area (Å²) in [5.41, 5.74) is 5.28. The summed E-state index contributed by atoms with van der Waals surface area (Å²) in [7, 11) is -3.13. The maximum absolute atomic E-state index is 11.7. The molecule has 0 unspecified atom stereocenters. The monoisotopic (exact) mass is 269 g/mol. The molecular formula is C9H19NO4S2. The van der Waals surface area contributed by atoms with E-state index in [1.807, 2.05) is 0 Å². The van der Waals surface area contributed by atoms with Gasteiger partial charge in [-0.1, -0.05) is 0 Å². The van der Waals surface area contributed by atoms with Gasteiger partial charge in [-0.05, 0) is 20.8 Å². The summed E-state index contributed by atoms with van der Waals surface area (Å²) in [5.74, 6) is -0.408. The first-order valence-electron chi connectivity index (χ1n) is 4.86. The van der Waals surface area contributed by atoms with E-state index >= 15 is 0 Å². The van der Waals surface area contributed by atoms with Crippen molar-refractivity contribution >= 4 is 27.6 Å². The van der Waals surface area contributed by atoms with Gasteiger partial charge in [0.25, 0.3) is 0 Å². The number of rotatable bonds is 6. The third-order valence-electron chi connectivity index (χ3n) is 2.04. The van der Waals surface area contributed by atoms with Crippen molar-refractivity contribution in [3.8, 4) is 0 Å². The highest BCUT2D eigenvalue weighted by Crippen LogP contribution is 2.17. The van der Waals surface area contributed by atoms with Crippen LogP contribution >= 0.6 is 11.8 Å². The minimum Gasteiger partial charge on any atom is -0.480 e. The van der Waals surface area contributed by atoms with E-state index in [0.29, 0.717) is 5.75 Å². The van der Waals surface area contributed by atoms with E-state index in [9.17, 15) is 13.2 Å². The molecule has 0 saturated carbocycles. The van der Waals surface area contributed by atoms with Crippen molar-refractivity contribution in [3.05, 3.63) is 0 Å². The number of nitrogens with two attached hydrogens (primary N) is 1. The van der Waals surface area contributed by atoms with Crippen molar-refractivity contribution in [3.63, 3.8) is 0 Å². The molecule has 96 valence electrons. The van der Waals surface area contributed by atoms with Crippen molar-refractivity contribution < 1.29 is 18.3 Å². The minimum absolute atomic E-state index is 0.0491. The fourth-order valence-electron chi connectivity index (χ4n) is 0.756. The predicted molar refractivity (Wildman–Crippen MR) is 66.5 cm³/mol.